The topological polar surface area (TPSA) is 69.6 Å². The van der Waals surface area contributed by atoms with Crippen LogP contribution < -0.4 is 5.32 Å². The Balaban J connectivity index is 3.49. The fourth-order valence-electron chi connectivity index (χ4n) is 8.96. The van der Waals surface area contributed by atoms with Crippen LogP contribution in [0, 0.1) is 0 Å². The molecule has 1 amide bonds. The van der Waals surface area contributed by atoms with Crippen molar-refractivity contribution in [3.8, 4) is 0 Å². The predicted molar refractivity (Wildman–Crippen MR) is 281 cm³/mol. The van der Waals surface area contributed by atoms with E-state index in [0.29, 0.717) is 6.42 Å². The van der Waals surface area contributed by atoms with Crippen LogP contribution in [0.5, 0.6) is 0 Å². The van der Waals surface area contributed by atoms with E-state index in [1.54, 1.807) is 6.08 Å². The highest BCUT2D eigenvalue weighted by Gasteiger charge is 2.18. The summed E-state index contributed by atoms with van der Waals surface area (Å²) in [6, 6.07) is -0.639. The first-order valence-electron chi connectivity index (χ1n) is 28.7. The maximum absolute atomic E-state index is 12.5. The number of hydrogen-bond acceptors (Lipinski definition) is 3. The van der Waals surface area contributed by atoms with E-state index < -0.39 is 12.1 Å². The number of rotatable bonds is 53. The van der Waals surface area contributed by atoms with Gasteiger partial charge in [-0.15, -0.1) is 0 Å². The Kier molecular flexibility index (Phi) is 53.7. The van der Waals surface area contributed by atoms with Crippen molar-refractivity contribution in [2.24, 2.45) is 0 Å². The van der Waals surface area contributed by atoms with E-state index in [1.165, 1.54) is 263 Å². The second kappa shape index (κ2) is 54.9. The number of amides is 1. The van der Waals surface area contributed by atoms with Gasteiger partial charge in [-0.25, -0.2) is 0 Å². The largest absolute Gasteiger partial charge is 0.394 e. The molecule has 0 aliphatic rings. The molecule has 0 heterocycles. The molecule has 372 valence electrons. The standard InChI is InChI=1S/C59H113NO3/c1-3-5-7-9-11-13-15-17-19-21-23-25-26-27-28-29-30-31-32-33-35-37-39-41-43-45-47-49-51-53-55-59(63)60-57(56-61)58(62)54-52-50-48-46-44-42-40-38-36-34-24-22-20-18-16-14-12-10-8-6-4-2/h27-28,44,46,52,54,57-58,61-62H,3-26,29-43,45,47-51,53,55-56H2,1-2H3,(H,60,63)/b28-27-,46-44+,54-52+. The number of hydrogen-bond donors (Lipinski definition) is 3. The number of carbonyl (C=O) groups is 1. The number of carbonyl (C=O) groups excluding carboxylic acids is 1. The third-order valence-electron chi connectivity index (χ3n) is 13.3. The Labute approximate surface area is 395 Å². The molecule has 0 rings (SSSR count). The zero-order valence-corrected chi connectivity index (χ0v) is 42.9. The minimum atomic E-state index is -0.862. The van der Waals surface area contributed by atoms with Gasteiger partial charge in [-0.2, -0.15) is 0 Å². The molecule has 2 atom stereocenters. The van der Waals surface area contributed by atoms with Gasteiger partial charge in [0.05, 0.1) is 18.8 Å². The van der Waals surface area contributed by atoms with E-state index >= 15 is 0 Å². The summed E-state index contributed by atoms with van der Waals surface area (Å²) in [4.78, 5) is 12.5. The lowest BCUT2D eigenvalue weighted by atomic mass is 10.0. The molecule has 0 aromatic rings. The number of aliphatic hydroxyl groups excluding tert-OH is 2. The summed E-state index contributed by atoms with van der Waals surface area (Å²) < 4.78 is 0. The van der Waals surface area contributed by atoms with Gasteiger partial charge in [0.2, 0.25) is 5.91 Å². The van der Waals surface area contributed by atoms with Crippen molar-refractivity contribution < 1.29 is 15.0 Å². The Morgan fingerprint density at radius 1 is 0.365 bits per heavy atom. The third-order valence-corrected chi connectivity index (χ3v) is 13.3. The summed E-state index contributed by atoms with van der Waals surface area (Å²) in [6.07, 6.45) is 74.6. The molecular weight excluding hydrogens is 771 g/mol. The molecular formula is C59H113NO3. The lowest BCUT2D eigenvalue weighted by molar-refractivity contribution is -0.123. The minimum absolute atomic E-state index is 0.0692. The van der Waals surface area contributed by atoms with Gasteiger partial charge in [0.15, 0.2) is 0 Å². The van der Waals surface area contributed by atoms with E-state index in [-0.39, 0.29) is 12.5 Å². The van der Waals surface area contributed by atoms with Crippen LogP contribution in [0.15, 0.2) is 36.5 Å². The quantitative estimate of drug-likeness (QED) is 0.0421. The SMILES string of the molecule is CCCCCCCCCCCCCC/C=C\CCCCCCCCCCCCCCCCC(=O)NC(CO)C(O)/C=C/CC/C=C/CCCCCCCCCCCCCCCCC. The van der Waals surface area contributed by atoms with Crippen LogP contribution in [-0.4, -0.2) is 34.9 Å². The highest BCUT2D eigenvalue weighted by Crippen LogP contribution is 2.17. The molecule has 0 saturated carbocycles. The summed E-state index contributed by atoms with van der Waals surface area (Å²) in [5, 5.41) is 23.1. The van der Waals surface area contributed by atoms with E-state index in [2.05, 4.69) is 43.5 Å². The first-order chi connectivity index (χ1) is 31.2. The molecule has 63 heavy (non-hydrogen) atoms. The van der Waals surface area contributed by atoms with E-state index in [0.717, 1.165) is 32.1 Å². The number of nitrogens with one attached hydrogen (secondary N) is 1. The van der Waals surface area contributed by atoms with Crippen molar-refractivity contribution in [2.45, 2.75) is 328 Å². The van der Waals surface area contributed by atoms with Crippen molar-refractivity contribution in [1.82, 2.24) is 5.32 Å². The van der Waals surface area contributed by atoms with Crippen LogP contribution >= 0.6 is 0 Å². The lowest BCUT2D eigenvalue weighted by Gasteiger charge is -2.19. The lowest BCUT2D eigenvalue weighted by Crippen LogP contribution is -2.45. The Hall–Kier alpha value is -1.39. The summed E-state index contributed by atoms with van der Waals surface area (Å²) in [5.41, 5.74) is 0. The van der Waals surface area contributed by atoms with Gasteiger partial charge >= 0.3 is 0 Å². The summed E-state index contributed by atoms with van der Waals surface area (Å²) in [5.74, 6) is -0.0692. The highest BCUT2D eigenvalue weighted by atomic mass is 16.3. The van der Waals surface area contributed by atoms with Crippen molar-refractivity contribution in [3.05, 3.63) is 36.5 Å². The smallest absolute Gasteiger partial charge is 0.220 e. The van der Waals surface area contributed by atoms with Crippen LogP contribution in [0.3, 0.4) is 0 Å². The van der Waals surface area contributed by atoms with Crippen LogP contribution in [0.25, 0.3) is 0 Å². The molecule has 0 fully saturated rings. The second-order valence-electron chi connectivity index (χ2n) is 19.7. The molecule has 4 nitrogen and oxygen atoms in total. The maximum Gasteiger partial charge on any atom is 0.220 e. The molecule has 0 aromatic heterocycles. The Morgan fingerprint density at radius 3 is 0.921 bits per heavy atom. The molecule has 0 bridgehead atoms. The zero-order chi connectivity index (χ0) is 45.6. The fourth-order valence-corrected chi connectivity index (χ4v) is 8.96. The summed E-state index contributed by atoms with van der Waals surface area (Å²) in [7, 11) is 0. The zero-order valence-electron chi connectivity index (χ0n) is 42.9. The van der Waals surface area contributed by atoms with E-state index in [1.807, 2.05) is 6.08 Å². The van der Waals surface area contributed by atoms with E-state index in [4.69, 9.17) is 0 Å². The van der Waals surface area contributed by atoms with Crippen LogP contribution in [-0.2, 0) is 4.79 Å². The van der Waals surface area contributed by atoms with Gasteiger partial charge in [-0.3, -0.25) is 4.79 Å². The van der Waals surface area contributed by atoms with Gasteiger partial charge in [-0.1, -0.05) is 288 Å². The number of aliphatic hydroxyl groups is 2. The van der Waals surface area contributed by atoms with Gasteiger partial charge in [0, 0.05) is 6.42 Å². The number of unbranched alkanes of at least 4 members (excludes halogenated alkanes) is 42. The molecule has 0 aliphatic heterocycles. The normalized spacial score (nSPS) is 13.0. The predicted octanol–water partition coefficient (Wildman–Crippen LogP) is 18.9. The second-order valence-corrected chi connectivity index (χ2v) is 19.7. The third kappa shape index (κ3) is 51.5. The van der Waals surface area contributed by atoms with Crippen LogP contribution in [0.2, 0.25) is 0 Å². The molecule has 3 N–H and O–H groups in total. The monoisotopic (exact) mass is 884 g/mol. The minimum Gasteiger partial charge on any atom is -0.394 e. The van der Waals surface area contributed by atoms with Gasteiger partial charge in [0.1, 0.15) is 0 Å². The maximum atomic E-state index is 12.5. The highest BCUT2D eigenvalue weighted by molar-refractivity contribution is 5.76. The van der Waals surface area contributed by atoms with Crippen LogP contribution in [0.1, 0.15) is 316 Å². The molecule has 0 saturated heterocycles. The summed E-state index contributed by atoms with van der Waals surface area (Å²) >= 11 is 0. The van der Waals surface area contributed by atoms with Crippen molar-refractivity contribution in [2.75, 3.05) is 6.61 Å². The summed E-state index contributed by atoms with van der Waals surface area (Å²) in [6.45, 7) is 4.33. The first-order valence-corrected chi connectivity index (χ1v) is 28.7. The molecule has 0 radical (unpaired) electrons. The molecule has 4 heteroatoms. The van der Waals surface area contributed by atoms with Crippen molar-refractivity contribution >= 4 is 5.91 Å². The Bertz CT molecular complexity index is 958. The molecule has 0 aromatic carbocycles. The van der Waals surface area contributed by atoms with Gasteiger partial charge in [0.25, 0.3) is 0 Å². The molecule has 0 aliphatic carbocycles. The number of allylic oxidation sites excluding steroid dienone is 5. The van der Waals surface area contributed by atoms with Crippen molar-refractivity contribution in [1.29, 1.82) is 0 Å². The average molecular weight is 885 g/mol. The van der Waals surface area contributed by atoms with E-state index in [9.17, 15) is 15.0 Å². The first kappa shape index (κ1) is 61.6. The van der Waals surface area contributed by atoms with Crippen molar-refractivity contribution in [3.63, 3.8) is 0 Å². The van der Waals surface area contributed by atoms with Gasteiger partial charge < -0.3 is 15.5 Å². The fraction of sp³-hybridized carbons (Fsp3) is 0.881. The van der Waals surface area contributed by atoms with Crippen LogP contribution in [0.4, 0.5) is 0 Å². The Morgan fingerprint density at radius 2 is 0.619 bits per heavy atom. The average Bonchev–Trinajstić information content (AvgIpc) is 3.29. The molecule has 2 unspecified atom stereocenters. The molecule has 0 spiro atoms. The van der Waals surface area contributed by atoms with Gasteiger partial charge in [-0.05, 0) is 57.8 Å².